The van der Waals surface area contributed by atoms with Gasteiger partial charge in [0, 0.05) is 84.7 Å². The molecule has 4 aromatic carbocycles. The highest BCUT2D eigenvalue weighted by Crippen LogP contribution is 2.41. The number of allylic oxidation sites excluding steroid dienone is 1. The number of nitrogens with one attached hydrogen (secondary N) is 2. The van der Waals surface area contributed by atoms with Crippen LogP contribution >= 0.6 is 11.6 Å². The highest BCUT2D eigenvalue weighted by Gasteiger charge is 2.37. The average Bonchev–Trinajstić information content (AvgIpc) is 3.79. The first-order chi connectivity index (χ1) is 33.6. The molecule has 2 aliphatic rings. The number of Topliss-reactive ketones (excluding diaryl/α,β-unsaturated/α-hetero) is 3. The third-order valence-corrected chi connectivity index (χ3v) is 12.8. The van der Waals surface area contributed by atoms with Crippen molar-refractivity contribution in [3.05, 3.63) is 118 Å². The summed E-state index contributed by atoms with van der Waals surface area (Å²) >= 11 is 6.09. The fourth-order valence-electron chi connectivity index (χ4n) is 8.68. The molecule has 6 rings (SSSR count). The van der Waals surface area contributed by atoms with Crippen LogP contribution in [0.2, 0.25) is 5.02 Å². The number of aliphatic imine (C=N–C) groups is 1. The first kappa shape index (κ1) is 52.6. The number of halogens is 1. The first-order valence-electron chi connectivity index (χ1n) is 23.6. The number of carbonyl (C=O) groups is 6. The first-order valence-corrected chi connectivity index (χ1v) is 24.0. The van der Waals surface area contributed by atoms with E-state index in [0.29, 0.717) is 70.1 Å². The van der Waals surface area contributed by atoms with E-state index in [1.807, 2.05) is 24.3 Å². The molecule has 2 heterocycles. The average molecular weight is 976 g/mol. The normalized spacial score (nSPS) is 17.8. The van der Waals surface area contributed by atoms with Crippen LogP contribution in [0.3, 0.4) is 0 Å². The standard InChI is InChI=1S/C53H63ClN8O8/c1-31-24-46(64)49(62(3)53(68)38(6-4-5-19-55)28-45(63)36-10-8-34(9-11-36)35-12-15-39(54)16-13-35)37-14-18-48(70-23-21-57)41(27-37)40-25-33(7-17-47(40)69-22-20-56)26-44(61-51(31)66)52(67)60-32(2)50(65)42-29-59-30-43(42)58/h7-18,25,27,30-32,38,44,49H,4-6,19-24,26,28-29,55-58H2,1-3H3,(H,60,67)(H,61,66)/t31-,32+,38-,44+,49+/m1/s1. The minimum atomic E-state index is -1.25. The van der Waals surface area contributed by atoms with Crippen molar-refractivity contribution < 1.29 is 38.2 Å². The summed E-state index contributed by atoms with van der Waals surface area (Å²) in [4.78, 5) is 90.9. The molecule has 2 aliphatic heterocycles. The molecular formula is C53H63ClN8O8. The summed E-state index contributed by atoms with van der Waals surface area (Å²) in [7, 11) is 1.53. The Kier molecular flexibility index (Phi) is 18.6. The summed E-state index contributed by atoms with van der Waals surface area (Å²) in [5.74, 6) is -3.83. The highest BCUT2D eigenvalue weighted by molar-refractivity contribution is 6.30. The zero-order valence-electron chi connectivity index (χ0n) is 39.9. The Bertz CT molecular complexity index is 2620. The van der Waals surface area contributed by atoms with Crippen molar-refractivity contribution in [3.63, 3.8) is 0 Å². The van der Waals surface area contributed by atoms with Gasteiger partial charge in [0.25, 0.3) is 0 Å². The van der Waals surface area contributed by atoms with Gasteiger partial charge < -0.3 is 47.9 Å². The Morgan fingerprint density at radius 3 is 2.09 bits per heavy atom. The second kappa shape index (κ2) is 24.7. The number of likely N-dealkylation sites (N-methyl/N-ethyl adjacent to an activating group) is 1. The van der Waals surface area contributed by atoms with E-state index in [1.54, 1.807) is 67.6 Å². The molecule has 10 N–H and O–H groups in total. The largest absolute Gasteiger partial charge is 0.492 e. The van der Waals surface area contributed by atoms with Gasteiger partial charge in [0.15, 0.2) is 17.3 Å². The van der Waals surface area contributed by atoms with E-state index in [1.165, 1.54) is 25.1 Å². The molecule has 4 bridgehead atoms. The third kappa shape index (κ3) is 13.1. The molecule has 0 unspecified atom stereocenters. The molecule has 5 atom stereocenters. The van der Waals surface area contributed by atoms with Crippen LogP contribution in [0, 0.1) is 11.8 Å². The van der Waals surface area contributed by atoms with Gasteiger partial charge in [-0.15, -0.1) is 0 Å². The maximum atomic E-state index is 15.0. The number of nitrogens with zero attached hydrogens (tertiary/aromatic N) is 2. The number of hydrogen-bond donors (Lipinski definition) is 6. The Labute approximate surface area is 413 Å². The quantitative estimate of drug-likeness (QED) is 0.0512. The molecule has 0 aromatic heterocycles. The number of benzene rings is 4. The smallest absolute Gasteiger partial charge is 0.243 e. The fourth-order valence-corrected chi connectivity index (χ4v) is 8.81. The molecule has 0 saturated carbocycles. The maximum Gasteiger partial charge on any atom is 0.243 e. The third-order valence-electron chi connectivity index (χ3n) is 12.5. The van der Waals surface area contributed by atoms with E-state index < -0.39 is 59.2 Å². The number of nitrogens with two attached hydrogens (primary N) is 4. The highest BCUT2D eigenvalue weighted by atomic mass is 35.5. The van der Waals surface area contributed by atoms with Crippen LogP contribution in [0.25, 0.3) is 22.3 Å². The van der Waals surface area contributed by atoms with Gasteiger partial charge in [0.05, 0.1) is 18.3 Å². The van der Waals surface area contributed by atoms with Gasteiger partial charge in [0.1, 0.15) is 36.8 Å². The van der Waals surface area contributed by atoms with Crippen molar-refractivity contribution in [1.82, 2.24) is 15.5 Å². The molecule has 0 aliphatic carbocycles. The van der Waals surface area contributed by atoms with Gasteiger partial charge in [-0.1, -0.05) is 73.5 Å². The van der Waals surface area contributed by atoms with E-state index in [9.17, 15) is 28.8 Å². The lowest BCUT2D eigenvalue weighted by atomic mass is 9.88. The summed E-state index contributed by atoms with van der Waals surface area (Å²) in [6, 6.07) is 21.5. The number of ether oxygens (including phenoxy) is 2. The van der Waals surface area contributed by atoms with Gasteiger partial charge in [0.2, 0.25) is 17.7 Å². The van der Waals surface area contributed by atoms with Crippen LogP contribution in [0.1, 0.15) is 73.5 Å². The maximum absolute atomic E-state index is 15.0. The molecule has 3 amide bonds. The van der Waals surface area contributed by atoms with Crippen LogP contribution in [-0.4, -0.2) is 105 Å². The van der Waals surface area contributed by atoms with E-state index in [-0.39, 0.29) is 69.2 Å². The lowest BCUT2D eigenvalue weighted by Crippen LogP contribution is -2.53. The van der Waals surface area contributed by atoms with E-state index >= 15 is 0 Å². The van der Waals surface area contributed by atoms with Gasteiger partial charge >= 0.3 is 0 Å². The second-order valence-corrected chi connectivity index (χ2v) is 18.2. The number of fused-ring (bicyclic) bond motifs is 5. The minimum absolute atomic E-state index is 0.0213. The van der Waals surface area contributed by atoms with Crippen LogP contribution in [0.5, 0.6) is 11.5 Å². The lowest BCUT2D eigenvalue weighted by Gasteiger charge is -2.32. The van der Waals surface area contributed by atoms with E-state index in [4.69, 9.17) is 44.0 Å². The molecular weight excluding hydrogens is 912 g/mol. The number of unbranched alkanes of at least 4 members (excludes halogenated alkanes) is 1. The Balaban J connectivity index is 1.39. The topological polar surface area (TPSA) is 265 Å². The van der Waals surface area contributed by atoms with Crippen molar-refractivity contribution in [1.29, 1.82) is 0 Å². The molecule has 0 radical (unpaired) electrons. The monoisotopic (exact) mass is 974 g/mol. The van der Waals surface area contributed by atoms with Crippen molar-refractivity contribution in [2.75, 3.05) is 46.4 Å². The molecule has 370 valence electrons. The Morgan fingerprint density at radius 1 is 0.843 bits per heavy atom. The van der Waals surface area contributed by atoms with Crippen LogP contribution < -0.4 is 43.0 Å². The number of ketones is 3. The van der Waals surface area contributed by atoms with Gasteiger partial charge in [-0.2, -0.15) is 0 Å². The predicted molar refractivity (Wildman–Crippen MR) is 270 cm³/mol. The van der Waals surface area contributed by atoms with E-state index in [2.05, 4.69) is 15.6 Å². The number of rotatable bonds is 20. The summed E-state index contributed by atoms with van der Waals surface area (Å²) in [5, 5.41) is 6.19. The molecule has 0 spiro atoms. The van der Waals surface area contributed by atoms with Crippen LogP contribution in [-0.2, 0) is 30.4 Å². The molecule has 17 heteroatoms. The summed E-state index contributed by atoms with van der Waals surface area (Å²) in [5.41, 5.74) is 28.4. The summed E-state index contributed by atoms with van der Waals surface area (Å²) in [6.07, 6.45) is 2.41. The Morgan fingerprint density at radius 2 is 1.47 bits per heavy atom. The minimum Gasteiger partial charge on any atom is -0.492 e. The second-order valence-electron chi connectivity index (χ2n) is 17.7. The zero-order chi connectivity index (χ0) is 50.5. The van der Waals surface area contributed by atoms with Gasteiger partial charge in [-0.25, -0.2) is 0 Å². The summed E-state index contributed by atoms with van der Waals surface area (Å²) in [6.45, 7) is 4.26. The predicted octanol–water partition coefficient (Wildman–Crippen LogP) is 4.87. The molecule has 0 fully saturated rings. The van der Waals surface area contributed by atoms with Crippen LogP contribution in [0.15, 0.2) is 101 Å². The number of carbonyl (C=O) groups excluding carboxylic acids is 6. The van der Waals surface area contributed by atoms with Crippen LogP contribution in [0.4, 0.5) is 0 Å². The molecule has 16 nitrogen and oxygen atoms in total. The fraction of sp³-hybridized carbons (Fsp3) is 0.377. The van der Waals surface area contributed by atoms with Gasteiger partial charge in [-0.3, -0.25) is 33.8 Å². The number of hydrogen-bond acceptors (Lipinski definition) is 13. The molecule has 4 aromatic rings. The summed E-state index contributed by atoms with van der Waals surface area (Å²) < 4.78 is 12.3. The lowest BCUT2D eigenvalue weighted by molar-refractivity contribution is -0.142. The van der Waals surface area contributed by atoms with Crippen molar-refractivity contribution in [3.8, 4) is 33.8 Å². The zero-order valence-corrected chi connectivity index (χ0v) is 40.6. The Hall–Kier alpha value is -6.72. The van der Waals surface area contributed by atoms with Crippen molar-refractivity contribution in [2.24, 2.45) is 39.8 Å². The SMILES string of the molecule is C[C@@H]1CC(=O)[C@@H](N(C)C(=O)[C@H](CCCCN)CC(=O)c2ccc(-c3ccc(Cl)cc3)cc2)c2ccc(OCCN)c(c2)-c2cc(ccc2OCCN)C[C@@H](C(=O)N[C@@H](C)C(=O)C2=C(N)C=NC2)NC1=O. The number of amides is 3. The van der Waals surface area contributed by atoms with Crippen molar-refractivity contribution >= 4 is 52.9 Å². The molecule has 0 saturated heterocycles. The molecule has 70 heavy (non-hydrogen) atoms. The van der Waals surface area contributed by atoms with E-state index in [0.717, 1.165) is 11.1 Å². The van der Waals surface area contributed by atoms with Crippen molar-refractivity contribution in [2.45, 2.75) is 70.5 Å². The van der Waals surface area contributed by atoms with Gasteiger partial charge in [-0.05, 0) is 85.0 Å².